The summed E-state index contributed by atoms with van der Waals surface area (Å²) in [6, 6.07) is -0.164. The zero-order chi connectivity index (χ0) is 20.6. The van der Waals surface area contributed by atoms with Crippen molar-refractivity contribution in [3.05, 3.63) is 24.3 Å². The van der Waals surface area contributed by atoms with E-state index in [1.807, 2.05) is 6.92 Å². The number of rotatable bonds is 16. The van der Waals surface area contributed by atoms with Crippen molar-refractivity contribution in [1.29, 1.82) is 0 Å². The van der Waals surface area contributed by atoms with Crippen LogP contribution in [0.5, 0.6) is 0 Å². The second-order valence-electron chi connectivity index (χ2n) is 8.06. The van der Waals surface area contributed by atoms with Crippen LogP contribution in [0.2, 0.25) is 0 Å². The smallest absolute Gasteiger partial charge is 0.309 e. The Balaban J connectivity index is 1.94. The van der Waals surface area contributed by atoms with Gasteiger partial charge in [-0.15, -0.1) is 0 Å². The molecule has 4 nitrogen and oxygen atoms in total. The third-order valence-electron chi connectivity index (χ3n) is 5.71. The Hall–Kier alpha value is -1.58. The molecule has 1 fully saturated rings. The van der Waals surface area contributed by atoms with Gasteiger partial charge in [0.1, 0.15) is 0 Å². The van der Waals surface area contributed by atoms with Gasteiger partial charge >= 0.3 is 5.97 Å². The van der Waals surface area contributed by atoms with Crippen LogP contribution in [0.25, 0.3) is 0 Å². The number of allylic oxidation sites excluding steroid dienone is 4. The average molecular weight is 392 g/mol. The molecule has 0 spiro atoms. The zero-order valence-electron chi connectivity index (χ0n) is 18.1. The second kappa shape index (κ2) is 15.4. The largest absolute Gasteiger partial charge is 0.481 e. The number of nitrogens with zero attached hydrogens (tertiary/aromatic N) is 1. The molecule has 0 radical (unpaired) electrons. The fourth-order valence-electron chi connectivity index (χ4n) is 3.81. The molecule has 0 aliphatic carbocycles. The van der Waals surface area contributed by atoms with Crippen molar-refractivity contribution in [3.8, 4) is 0 Å². The summed E-state index contributed by atoms with van der Waals surface area (Å²) < 4.78 is 0. The molecule has 4 heteroatoms. The summed E-state index contributed by atoms with van der Waals surface area (Å²) >= 11 is 0. The van der Waals surface area contributed by atoms with Crippen LogP contribution < -0.4 is 0 Å². The van der Waals surface area contributed by atoms with Gasteiger partial charge in [0.2, 0.25) is 5.91 Å². The fourth-order valence-corrected chi connectivity index (χ4v) is 3.81. The molecule has 1 aliphatic heterocycles. The van der Waals surface area contributed by atoms with Gasteiger partial charge in [-0.1, -0.05) is 69.8 Å². The number of amides is 1. The lowest BCUT2D eigenvalue weighted by Gasteiger charge is -2.23. The van der Waals surface area contributed by atoms with Crippen LogP contribution >= 0.6 is 0 Å². The fraction of sp³-hybridized carbons (Fsp3) is 0.750. The highest BCUT2D eigenvalue weighted by molar-refractivity contribution is 5.86. The number of carbonyl (C=O) groups excluding carboxylic acids is 1. The molecule has 0 saturated carbocycles. The summed E-state index contributed by atoms with van der Waals surface area (Å²) in [5, 5.41) is 9.14. The molecule has 1 amide bonds. The lowest BCUT2D eigenvalue weighted by Crippen LogP contribution is -2.35. The lowest BCUT2D eigenvalue weighted by atomic mass is 10.0. The third-order valence-corrected chi connectivity index (χ3v) is 5.71. The summed E-state index contributed by atoms with van der Waals surface area (Å²) in [6.07, 6.45) is 23.7. The van der Waals surface area contributed by atoms with E-state index in [4.69, 9.17) is 5.11 Å². The van der Waals surface area contributed by atoms with E-state index in [1.54, 1.807) is 4.90 Å². The first kappa shape index (κ1) is 24.5. The van der Waals surface area contributed by atoms with E-state index < -0.39 is 11.9 Å². The first-order valence-electron chi connectivity index (χ1n) is 11.4. The number of carboxylic acids is 1. The molecule has 1 N–H and O–H groups in total. The van der Waals surface area contributed by atoms with Gasteiger partial charge in [0.25, 0.3) is 0 Å². The van der Waals surface area contributed by atoms with Crippen molar-refractivity contribution in [3.63, 3.8) is 0 Å². The number of likely N-dealkylation sites (tertiary alicyclic amines) is 1. The molecule has 0 bridgehead atoms. The third kappa shape index (κ3) is 10.1. The summed E-state index contributed by atoms with van der Waals surface area (Å²) in [7, 11) is 0. The molecule has 1 heterocycles. The normalized spacial score (nSPS) is 20.1. The molecular formula is C24H41NO3. The SMILES string of the molecule is CCCCC/C=C\C/C=C\CCCCCCCCN1C(=O)C[C@H](C(=O)O)[C@H]1C. The Bertz CT molecular complexity index is 498. The summed E-state index contributed by atoms with van der Waals surface area (Å²) in [5.41, 5.74) is 0. The highest BCUT2D eigenvalue weighted by Crippen LogP contribution is 2.26. The lowest BCUT2D eigenvalue weighted by molar-refractivity contribution is -0.142. The number of unbranched alkanes of at least 4 members (excludes halogenated alkanes) is 9. The number of carbonyl (C=O) groups is 2. The van der Waals surface area contributed by atoms with Gasteiger partial charge < -0.3 is 10.0 Å². The van der Waals surface area contributed by atoms with Crippen LogP contribution in [0.15, 0.2) is 24.3 Å². The standard InChI is InChI=1S/C24H41NO3/c1-3-4-5-6-7-8-9-10-11-12-13-14-15-16-17-18-19-25-21(2)22(24(27)28)20-23(25)26/h7-8,10-11,21-22H,3-6,9,12-20H2,1-2H3,(H,27,28)/b8-7-,11-10-/t21-,22+/m1/s1. The predicted octanol–water partition coefficient (Wildman–Crippen LogP) is 6.12. The Labute approximate surface area is 172 Å². The van der Waals surface area contributed by atoms with E-state index in [0.717, 1.165) is 19.3 Å². The molecule has 1 aliphatic rings. The van der Waals surface area contributed by atoms with Gasteiger partial charge in [-0.3, -0.25) is 9.59 Å². The first-order chi connectivity index (χ1) is 13.6. The van der Waals surface area contributed by atoms with Crippen molar-refractivity contribution in [2.45, 2.75) is 103 Å². The molecule has 0 unspecified atom stereocenters. The van der Waals surface area contributed by atoms with E-state index >= 15 is 0 Å². The Kier molecular flexibility index (Phi) is 13.4. The van der Waals surface area contributed by atoms with Gasteiger partial charge in [-0.05, 0) is 45.4 Å². The van der Waals surface area contributed by atoms with Crippen molar-refractivity contribution in [2.75, 3.05) is 6.54 Å². The van der Waals surface area contributed by atoms with Crippen LogP contribution in [-0.2, 0) is 9.59 Å². The Morgan fingerprint density at radius 1 is 0.964 bits per heavy atom. The van der Waals surface area contributed by atoms with E-state index in [2.05, 4.69) is 31.2 Å². The van der Waals surface area contributed by atoms with Crippen molar-refractivity contribution in [2.24, 2.45) is 5.92 Å². The summed E-state index contributed by atoms with van der Waals surface area (Å²) in [5.74, 6) is -1.38. The van der Waals surface area contributed by atoms with Crippen molar-refractivity contribution < 1.29 is 14.7 Å². The number of carboxylic acid groups (broad SMARTS) is 1. The minimum atomic E-state index is -0.847. The van der Waals surface area contributed by atoms with E-state index in [1.165, 1.54) is 57.8 Å². The molecule has 0 aromatic rings. The summed E-state index contributed by atoms with van der Waals surface area (Å²) in [4.78, 5) is 24.8. The van der Waals surface area contributed by atoms with E-state index in [-0.39, 0.29) is 18.4 Å². The predicted molar refractivity (Wildman–Crippen MR) is 116 cm³/mol. The minimum absolute atomic E-state index is 0.00231. The van der Waals surface area contributed by atoms with Crippen LogP contribution in [0.1, 0.15) is 97.3 Å². The second-order valence-corrected chi connectivity index (χ2v) is 8.06. The maximum atomic E-state index is 11.9. The van der Waals surface area contributed by atoms with Gasteiger partial charge in [0.15, 0.2) is 0 Å². The van der Waals surface area contributed by atoms with Gasteiger partial charge in [-0.25, -0.2) is 0 Å². The van der Waals surface area contributed by atoms with E-state index in [9.17, 15) is 9.59 Å². The van der Waals surface area contributed by atoms with Gasteiger partial charge in [-0.2, -0.15) is 0 Å². The van der Waals surface area contributed by atoms with Crippen LogP contribution in [0.4, 0.5) is 0 Å². The number of aliphatic carboxylic acids is 1. The first-order valence-corrected chi connectivity index (χ1v) is 11.4. The molecule has 1 saturated heterocycles. The molecular weight excluding hydrogens is 350 g/mol. The van der Waals surface area contributed by atoms with Crippen molar-refractivity contribution in [1.82, 2.24) is 4.90 Å². The van der Waals surface area contributed by atoms with E-state index in [0.29, 0.717) is 6.54 Å². The molecule has 1 rings (SSSR count). The monoisotopic (exact) mass is 391 g/mol. The highest BCUT2D eigenvalue weighted by Gasteiger charge is 2.40. The van der Waals surface area contributed by atoms with Gasteiger partial charge in [0.05, 0.1) is 5.92 Å². The van der Waals surface area contributed by atoms with Crippen molar-refractivity contribution >= 4 is 11.9 Å². The highest BCUT2D eigenvalue weighted by atomic mass is 16.4. The number of hydrogen-bond acceptors (Lipinski definition) is 2. The van der Waals surface area contributed by atoms with Gasteiger partial charge in [0, 0.05) is 19.0 Å². The molecule has 0 aromatic carbocycles. The average Bonchev–Trinajstić information content (AvgIpc) is 2.96. The maximum absolute atomic E-state index is 11.9. The Morgan fingerprint density at radius 3 is 2.11 bits per heavy atom. The number of hydrogen-bond donors (Lipinski definition) is 1. The van der Waals surface area contributed by atoms with Crippen LogP contribution in [0.3, 0.4) is 0 Å². The topological polar surface area (TPSA) is 57.6 Å². The Morgan fingerprint density at radius 2 is 1.54 bits per heavy atom. The molecule has 0 aromatic heterocycles. The van der Waals surface area contributed by atoms with Crippen LogP contribution in [0, 0.1) is 5.92 Å². The quantitative estimate of drug-likeness (QED) is 0.255. The molecule has 160 valence electrons. The molecule has 28 heavy (non-hydrogen) atoms. The van der Waals surface area contributed by atoms with Crippen LogP contribution in [-0.4, -0.2) is 34.5 Å². The maximum Gasteiger partial charge on any atom is 0.309 e. The zero-order valence-corrected chi connectivity index (χ0v) is 18.1. The molecule has 2 atom stereocenters. The summed E-state index contributed by atoms with van der Waals surface area (Å²) in [6.45, 7) is 4.81. The minimum Gasteiger partial charge on any atom is -0.481 e.